The molecule has 59 heavy (non-hydrogen) atoms. The Labute approximate surface area is 346 Å². The molecule has 0 amide bonds. The van der Waals surface area contributed by atoms with Gasteiger partial charge in [-0.3, -0.25) is 4.99 Å². The van der Waals surface area contributed by atoms with Gasteiger partial charge in [-0.1, -0.05) is 196 Å². The zero-order valence-electron chi connectivity index (χ0n) is 33.2. The van der Waals surface area contributed by atoms with Crippen molar-refractivity contribution in [3.05, 3.63) is 234 Å². The first kappa shape index (κ1) is 36.0. The normalized spacial score (nSPS) is 13.2. The average molecular weight is 755 g/mol. The first-order valence-corrected chi connectivity index (χ1v) is 20.3. The number of hydrogen-bond acceptors (Lipinski definition) is 2. The van der Waals surface area contributed by atoms with Crippen molar-refractivity contribution < 1.29 is 0 Å². The Balaban J connectivity index is 0.962. The van der Waals surface area contributed by atoms with Gasteiger partial charge in [0.05, 0.1) is 11.4 Å². The van der Waals surface area contributed by atoms with Crippen molar-refractivity contribution in [3.8, 4) is 44.5 Å². The van der Waals surface area contributed by atoms with Crippen molar-refractivity contribution in [1.29, 1.82) is 5.41 Å². The van der Waals surface area contributed by atoms with E-state index in [1.54, 1.807) is 0 Å². The van der Waals surface area contributed by atoms with Crippen LogP contribution in [0.25, 0.3) is 71.7 Å². The lowest BCUT2D eigenvalue weighted by Crippen LogP contribution is -2.15. The summed E-state index contributed by atoms with van der Waals surface area (Å²) in [6.45, 7) is 4.71. The second-order valence-corrected chi connectivity index (χ2v) is 16.0. The Morgan fingerprint density at radius 1 is 0.441 bits per heavy atom. The van der Waals surface area contributed by atoms with Crippen LogP contribution in [0.15, 0.2) is 211 Å². The van der Waals surface area contributed by atoms with E-state index < -0.39 is 0 Å². The fourth-order valence-corrected chi connectivity index (χ4v) is 8.77. The maximum Gasteiger partial charge on any atom is 0.0723 e. The van der Waals surface area contributed by atoms with Gasteiger partial charge in [0.2, 0.25) is 0 Å². The van der Waals surface area contributed by atoms with Crippen LogP contribution in [0.1, 0.15) is 41.7 Å². The van der Waals surface area contributed by atoms with E-state index in [0.717, 1.165) is 33.3 Å². The second-order valence-electron chi connectivity index (χ2n) is 16.0. The molecule has 1 aliphatic carbocycles. The van der Waals surface area contributed by atoms with Gasteiger partial charge < -0.3 is 5.41 Å². The number of nitrogens with zero attached hydrogens (tertiary/aromatic N) is 1. The van der Waals surface area contributed by atoms with Crippen LogP contribution in [0.3, 0.4) is 0 Å². The minimum absolute atomic E-state index is 0.0815. The maximum atomic E-state index is 8.95. The SMILES string of the molecule is CC1(C)c2cc(-c3ccc(-c4ccc(C=N/C(=C\C(=N)c5ccccc5)c5ccc(-c6ccccc6)cc5)c5ccccc45)cc3)ccc2-c2cc3ccccc3cc21. The van der Waals surface area contributed by atoms with E-state index in [-0.39, 0.29) is 5.41 Å². The molecule has 0 saturated heterocycles. The molecule has 1 N–H and O–H groups in total. The molecule has 0 unspecified atom stereocenters. The highest BCUT2D eigenvalue weighted by atomic mass is 14.7. The summed E-state index contributed by atoms with van der Waals surface area (Å²) in [6.07, 6.45) is 3.81. The summed E-state index contributed by atoms with van der Waals surface area (Å²) < 4.78 is 0. The number of hydrogen-bond donors (Lipinski definition) is 1. The molecule has 10 rings (SSSR count). The van der Waals surface area contributed by atoms with Gasteiger partial charge in [0.25, 0.3) is 0 Å². The van der Waals surface area contributed by atoms with Crippen LogP contribution in [-0.4, -0.2) is 11.9 Å². The van der Waals surface area contributed by atoms with Crippen molar-refractivity contribution in [2.45, 2.75) is 19.3 Å². The Kier molecular flexibility index (Phi) is 9.03. The molecule has 0 fully saturated rings. The highest BCUT2D eigenvalue weighted by Gasteiger charge is 2.36. The van der Waals surface area contributed by atoms with Crippen molar-refractivity contribution in [3.63, 3.8) is 0 Å². The molecule has 0 spiro atoms. The molecule has 0 heterocycles. The van der Waals surface area contributed by atoms with Crippen molar-refractivity contribution in [1.82, 2.24) is 0 Å². The maximum absolute atomic E-state index is 8.95. The molecular formula is C57H42N2. The van der Waals surface area contributed by atoms with Crippen molar-refractivity contribution >= 4 is 39.2 Å². The van der Waals surface area contributed by atoms with E-state index in [0.29, 0.717) is 5.71 Å². The van der Waals surface area contributed by atoms with Crippen LogP contribution >= 0.6 is 0 Å². The fraction of sp³-hybridized carbons (Fsp3) is 0.0526. The van der Waals surface area contributed by atoms with Gasteiger partial charge in [-0.2, -0.15) is 0 Å². The smallest absolute Gasteiger partial charge is 0.0723 e. The van der Waals surface area contributed by atoms with Crippen LogP contribution in [0.2, 0.25) is 0 Å². The quantitative estimate of drug-likeness (QED) is 0.150. The van der Waals surface area contributed by atoms with Crippen molar-refractivity contribution in [2.75, 3.05) is 0 Å². The predicted octanol–water partition coefficient (Wildman–Crippen LogP) is 14.8. The van der Waals surface area contributed by atoms with E-state index in [1.807, 2.05) is 48.7 Å². The molecule has 0 bridgehead atoms. The van der Waals surface area contributed by atoms with Crippen LogP contribution in [0, 0.1) is 5.41 Å². The van der Waals surface area contributed by atoms with Gasteiger partial charge >= 0.3 is 0 Å². The minimum Gasteiger partial charge on any atom is -0.300 e. The molecule has 9 aromatic carbocycles. The lowest BCUT2D eigenvalue weighted by Gasteiger charge is -2.22. The number of aliphatic imine (C=N–C) groups is 1. The first-order chi connectivity index (χ1) is 28.9. The number of allylic oxidation sites excluding steroid dienone is 1. The third kappa shape index (κ3) is 6.69. The molecule has 0 aromatic heterocycles. The zero-order chi connectivity index (χ0) is 39.9. The van der Waals surface area contributed by atoms with Crippen LogP contribution in [0.5, 0.6) is 0 Å². The lowest BCUT2D eigenvalue weighted by atomic mass is 9.81. The van der Waals surface area contributed by atoms with Crippen LogP contribution in [0.4, 0.5) is 0 Å². The van der Waals surface area contributed by atoms with Gasteiger partial charge in [0.1, 0.15) is 0 Å². The van der Waals surface area contributed by atoms with Gasteiger partial charge in [-0.25, -0.2) is 0 Å². The summed E-state index contributed by atoms with van der Waals surface area (Å²) in [7, 11) is 0. The second kappa shape index (κ2) is 14.8. The fourth-order valence-electron chi connectivity index (χ4n) is 8.77. The van der Waals surface area contributed by atoms with E-state index in [4.69, 9.17) is 10.4 Å². The molecule has 1 aliphatic rings. The van der Waals surface area contributed by atoms with Gasteiger partial charge in [0.15, 0.2) is 0 Å². The Bertz CT molecular complexity index is 3100. The summed E-state index contributed by atoms with van der Waals surface area (Å²) in [5, 5.41) is 13.8. The van der Waals surface area contributed by atoms with Gasteiger partial charge in [-0.15, -0.1) is 0 Å². The van der Waals surface area contributed by atoms with Gasteiger partial charge in [0, 0.05) is 22.8 Å². The highest BCUT2D eigenvalue weighted by Crippen LogP contribution is 2.51. The van der Waals surface area contributed by atoms with E-state index >= 15 is 0 Å². The largest absolute Gasteiger partial charge is 0.300 e. The Hall–Kier alpha value is -7.42. The predicted molar refractivity (Wildman–Crippen MR) is 251 cm³/mol. The zero-order valence-corrected chi connectivity index (χ0v) is 33.2. The summed E-state index contributed by atoms with van der Waals surface area (Å²) in [4.78, 5) is 5.09. The minimum atomic E-state index is -0.0815. The summed E-state index contributed by atoms with van der Waals surface area (Å²) >= 11 is 0. The molecule has 2 heteroatoms. The van der Waals surface area contributed by atoms with Crippen LogP contribution in [-0.2, 0) is 5.41 Å². The topological polar surface area (TPSA) is 36.2 Å². The highest BCUT2D eigenvalue weighted by molar-refractivity contribution is 6.12. The van der Waals surface area contributed by atoms with Gasteiger partial charge in [-0.05, 0) is 107 Å². The summed E-state index contributed by atoms with van der Waals surface area (Å²) in [5.41, 5.74) is 16.4. The molecule has 9 aromatic rings. The summed E-state index contributed by atoms with van der Waals surface area (Å²) in [5.74, 6) is 0. The first-order valence-electron chi connectivity index (χ1n) is 20.3. The third-order valence-corrected chi connectivity index (χ3v) is 12.0. The molecule has 280 valence electrons. The third-order valence-electron chi connectivity index (χ3n) is 12.0. The molecule has 0 saturated carbocycles. The molecule has 0 aliphatic heterocycles. The lowest BCUT2D eigenvalue weighted by molar-refractivity contribution is 0.661. The molecule has 0 radical (unpaired) electrons. The van der Waals surface area contributed by atoms with E-state index in [1.165, 1.54) is 66.2 Å². The number of nitrogens with one attached hydrogen (secondary N) is 1. The number of benzene rings is 9. The average Bonchev–Trinajstić information content (AvgIpc) is 3.51. The Morgan fingerprint density at radius 3 is 1.73 bits per heavy atom. The molecule has 0 atom stereocenters. The Morgan fingerprint density at radius 2 is 0.983 bits per heavy atom. The van der Waals surface area contributed by atoms with Crippen LogP contribution < -0.4 is 0 Å². The molecule has 2 nitrogen and oxygen atoms in total. The standard InChI is InChI=1S/C57H42N2/c1-57(2)53-35-46(29-32-51(53)52-33-44-17-9-10-18-45(44)34-54(52)57)40-21-25-41(26-22-40)49-31-30-47(48-19-11-12-20-50(48)49)37-59-56(36-55(58)42-15-7-4-8-16-42)43-27-23-39(24-28-43)38-13-5-3-6-14-38/h3-37,58H,1-2H3/b56-36-,58-55?,59-37?. The molecular weight excluding hydrogens is 713 g/mol. The number of fused-ring (bicyclic) bond motifs is 5. The van der Waals surface area contributed by atoms with E-state index in [9.17, 15) is 0 Å². The number of rotatable bonds is 8. The summed E-state index contributed by atoms with van der Waals surface area (Å²) in [6, 6.07) is 71.0. The monoisotopic (exact) mass is 754 g/mol. The van der Waals surface area contributed by atoms with Crippen molar-refractivity contribution in [2.24, 2.45) is 4.99 Å². The van der Waals surface area contributed by atoms with E-state index in [2.05, 4.69) is 178 Å².